The first-order chi connectivity index (χ1) is 15.1. The average molecular weight is 453 g/mol. The largest absolute Gasteiger partial charge is 0.497 e. The second-order valence-corrected chi connectivity index (χ2v) is 15.9. The van der Waals surface area contributed by atoms with Crippen molar-refractivity contribution in [3.8, 4) is 11.5 Å². The summed E-state index contributed by atoms with van der Waals surface area (Å²) in [6.07, 6.45) is 15.5. The van der Waals surface area contributed by atoms with Crippen molar-refractivity contribution in [2.45, 2.75) is 83.8 Å². The molecule has 2 nitrogen and oxygen atoms in total. The van der Waals surface area contributed by atoms with Crippen LogP contribution in [0.4, 0.5) is 0 Å². The van der Waals surface area contributed by atoms with E-state index in [0.29, 0.717) is 12.1 Å². The smallest absolute Gasteiger partial charge is 0.123 e. The zero-order valence-corrected chi connectivity index (χ0v) is 22.5. The van der Waals surface area contributed by atoms with E-state index in [1.54, 1.807) is 12.7 Å². The quantitative estimate of drug-likeness (QED) is 0.284. The van der Waals surface area contributed by atoms with Gasteiger partial charge in [-0.15, -0.1) is 0 Å². The van der Waals surface area contributed by atoms with Gasteiger partial charge < -0.3 is 9.47 Å². The molecule has 3 rings (SSSR count). The molecule has 2 aliphatic carbocycles. The lowest BCUT2D eigenvalue weighted by Gasteiger charge is -2.39. The Labute approximate surface area is 197 Å². The molecular formula is C29H44O2Si. The van der Waals surface area contributed by atoms with E-state index >= 15 is 0 Å². The van der Waals surface area contributed by atoms with Gasteiger partial charge in [0.25, 0.3) is 0 Å². The lowest BCUT2D eigenvalue weighted by Crippen LogP contribution is -2.49. The lowest BCUT2D eigenvalue weighted by molar-refractivity contribution is 0.351. The number of ether oxygens (including phenoxy) is 2. The van der Waals surface area contributed by atoms with E-state index in [9.17, 15) is 0 Å². The summed E-state index contributed by atoms with van der Waals surface area (Å²) in [5.74, 6) is 3.53. The van der Waals surface area contributed by atoms with Gasteiger partial charge in [0.1, 0.15) is 18.1 Å². The van der Waals surface area contributed by atoms with Crippen LogP contribution in [0, 0.1) is 11.8 Å². The monoisotopic (exact) mass is 452 g/mol. The van der Waals surface area contributed by atoms with Crippen LogP contribution >= 0.6 is 0 Å². The SMILES string of the molecule is C=CCOc1c(C(C)(C)C)cc(OC)cc1[Si](C)(C)C1C2=CC=CCC2CC1CCCC. The van der Waals surface area contributed by atoms with Crippen LogP contribution in [0.25, 0.3) is 0 Å². The Morgan fingerprint density at radius 2 is 1.97 bits per heavy atom. The first-order valence-electron chi connectivity index (χ1n) is 12.5. The Morgan fingerprint density at radius 3 is 2.59 bits per heavy atom. The van der Waals surface area contributed by atoms with Crippen LogP contribution in [0.2, 0.25) is 18.6 Å². The molecule has 1 aromatic carbocycles. The van der Waals surface area contributed by atoms with Gasteiger partial charge in [0.2, 0.25) is 0 Å². The van der Waals surface area contributed by atoms with E-state index in [0.717, 1.165) is 23.3 Å². The van der Waals surface area contributed by atoms with Gasteiger partial charge in [0.05, 0.1) is 15.2 Å². The lowest BCUT2D eigenvalue weighted by atomic mass is 9.86. The minimum absolute atomic E-state index is 0.0308. The van der Waals surface area contributed by atoms with Crippen molar-refractivity contribution in [2.75, 3.05) is 13.7 Å². The fourth-order valence-electron chi connectivity index (χ4n) is 6.04. The molecule has 0 N–H and O–H groups in total. The van der Waals surface area contributed by atoms with Crippen molar-refractivity contribution in [1.82, 2.24) is 0 Å². The van der Waals surface area contributed by atoms with Crippen molar-refractivity contribution < 1.29 is 9.47 Å². The molecule has 0 spiro atoms. The summed E-state index contributed by atoms with van der Waals surface area (Å²) in [5.41, 5.74) is 3.57. The van der Waals surface area contributed by atoms with Crippen molar-refractivity contribution >= 4 is 13.3 Å². The van der Waals surface area contributed by atoms with Gasteiger partial charge in [-0.1, -0.05) is 96.5 Å². The zero-order chi connectivity index (χ0) is 23.5. The summed E-state index contributed by atoms with van der Waals surface area (Å²) in [4.78, 5) is 0. The Balaban J connectivity index is 2.19. The Hall–Kier alpha value is -1.74. The predicted octanol–water partition coefficient (Wildman–Crippen LogP) is 7.56. The van der Waals surface area contributed by atoms with E-state index < -0.39 is 8.07 Å². The average Bonchev–Trinajstić information content (AvgIpc) is 3.14. The van der Waals surface area contributed by atoms with Crippen molar-refractivity contribution in [1.29, 1.82) is 0 Å². The molecule has 3 heteroatoms. The van der Waals surface area contributed by atoms with Gasteiger partial charge in [0.15, 0.2) is 0 Å². The first kappa shape index (κ1) is 24.9. The Bertz CT molecular complexity index is 872. The highest BCUT2D eigenvalue weighted by Gasteiger charge is 2.49. The molecule has 3 atom stereocenters. The fraction of sp³-hybridized carbons (Fsp3) is 0.586. The number of unbranched alkanes of at least 4 members (excludes halogenated alkanes) is 1. The summed E-state index contributed by atoms with van der Waals surface area (Å²) in [5, 5.41) is 1.41. The number of methoxy groups -OCH3 is 1. The predicted molar refractivity (Wildman–Crippen MR) is 141 cm³/mol. The fourth-order valence-corrected chi connectivity index (χ4v) is 10.3. The number of hydrogen-bond acceptors (Lipinski definition) is 2. The third-order valence-electron chi connectivity index (χ3n) is 7.59. The minimum Gasteiger partial charge on any atom is -0.497 e. The maximum atomic E-state index is 6.47. The standard InChI is InChI=1S/C29H44O2Si/c1-9-11-14-22-18-21-15-12-13-16-24(21)28(22)32(7,8)26-20-23(30-6)19-25(29(3,4)5)27(26)31-17-10-2/h10,12-13,16,19-22,28H,2,9,11,14-15,17-18H2,1,3-8H3. The van der Waals surface area contributed by atoms with Gasteiger partial charge in [-0.25, -0.2) is 0 Å². The van der Waals surface area contributed by atoms with Gasteiger partial charge in [-0.05, 0) is 53.0 Å². The maximum Gasteiger partial charge on any atom is 0.123 e. The highest BCUT2D eigenvalue weighted by molar-refractivity contribution is 6.92. The second kappa shape index (κ2) is 10.0. The van der Waals surface area contributed by atoms with Crippen LogP contribution in [-0.2, 0) is 5.41 Å². The zero-order valence-electron chi connectivity index (χ0n) is 21.5. The molecule has 1 aromatic rings. The summed E-state index contributed by atoms with van der Waals surface area (Å²) in [6.45, 7) is 18.7. The molecule has 0 bridgehead atoms. The molecule has 2 aliphatic rings. The van der Waals surface area contributed by atoms with Crippen molar-refractivity contribution in [3.05, 3.63) is 54.2 Å². The topological polar surface area (TPSA) is 18.5 Å². The second-order valence-electron chi connectivity index (χ2n) is 11.3. The third-order valence-corrected chi connectivity index (χ3v) is 11.7. The molecule has 0 heterocycles. The number of hydrogen-bond donors (Lipinski definition) is 0. The number of benzene rings is 1. The van der Waals surface area contributed by atoms with Crippen LogP contribution in [0.5, 0.6) is 11.5 Å². The first-order valence-corrected chi connectivity index (χ1v) is 15.6. The molecule has 0 radical (unpaired) electrons. The van der Waals surface area contributed by atoms with E-state index in [-0.39, 0.29) is 5.41 Å². The Morgan fingerprint density at radius 1 is 1.22 bits per heavy atom. The van der Waals surface area contributed by atoms with Gasteiger partial charge in [-0.3, -0.25) is 0 Å². The van der Waals surface area contributed by atoms with Crippen LogP contribution in [0.3, 0.4) is 0 Å². The summed E-state index contributed by atoms with van der Waals surface area (Å²) in [7, 11) is -0.175. The van der Waals surface area contributed by atoms with Gasteiger partial charge >= 0.3 is 0 Å². The highest BCUT2D eigenvalue weighted by Crippen LogP contribution is 2.55. The highest BCUT2D eigenvalue weighted by atomic mass is 28.3. The van der Waals surface area contributed by atoms with Gasteiger partial charge in [-0.2, -0.15) is 0 Å². The normalized spacial score (nSPS) is 23.0. The van der Waals surface area contributed by atoms with E-state index in [4.69, 9.17) is 9.47 Å². The third kappa shape index (κ3) is 4.93. The molecule has 176 valence electrons. The number of fused-ring (bicyclic) bond motifs is 1. The molecule has 0 aromatic heterocycles. The van der Waals surface area contributed by atoms with Crippen LogP contribution in [-0.4, -0.2) is 21.8 Å². The van der Waals surface area contributed by atoms with Crippen LogP contribution in [0.1, 0.15) is 65.4 Å². The van der Waals surface area contributed by atoms with Crippen LogP contribution < -0.4 is 14.7 Å². The molecule has 0 amide bonds. The molecule has 1 saturated carbocycles. The molecular weight excluding hydrogens is 408 g/mol. The number of allylic oxidation sites excluding steroid dienone is 4. The van der Waals surface area contributed by atoms with Crippen LogP contribution in [0.15, 0.2) is 48.6 Å². The minimum atomic E-state index is -1.96. The molecule has 32 heavy (non-hydrogen) atoms. The summed E-state index contributed by atoms with van der Waals surface area (Å²) in [6, 6.07) is 4.48. The maximum absolute atomic E-state index is 6.47. The summed E-state index contributed by atoms with van der Waals surface area (Å²) >= 11 is 0. The van der Waals surface area contributed by atoms with E-state index in [1.807, 2.05) is 6.08 Å². The number of rotatable bonds is 9. The van der Waals surface area contributed by atoms with E-state index in [1.165, 1.54) is 42.9 Å². The molecule has 3 unspecified atom stereocenters. The van der Waals surface area contributed by atoms with E-state index in [2.05, 4.69) is 77.7 Å². The molecule has 1 fully saturated rings. The van der Waals surface area contributed by atoms with Crippen molar-refractivity contribution in [2.24, 2.45) is 11.8 Å². The molecule has 0 aliphatic heterocycles. The molecule has 0 saturated heterocycles. The Kier molecular flexibility index (Phi) is 7.80. The van der Waals surface area contributed by atoms with Gasteiger partial charge in [0, 0.05) is 5.56 Å². The van der Waals surface area contributed by atoms with Crippen molar-refractivity contribution in [3.63, 3.8) is 0 Å². The summed E-state index contributed by atoms with van der Waals surface area (Å²) < 4.78 is 12.3.